The largest absolute Gasteiger partial charge is 0.277 e. The van der Waals surface area contributed by atoms with Crippen LogP contribution in [-0.4, -0.2) is 16.2 Å². The Bertz CT molecular complexity index is 1000. The van der Waals surface area contributed by atoms with Crippen LogP contribution in [0.2, 0.25) is 0 Å². The molecule has 124 valence electrons. The van der Waals surface area contributed by atoms with Gasteiger partial charge in [-0.25, -0.2) is 4.39 Å². The highest BCUT2D eigenvalue weighted by Gasteiger charge is 2.39. The van der Waals surface area contributed by atoms with Gasteiger partial charge in [0.25, 0.3) is 0 Å². The minimum Gasteiger partial charge on any atom is -0.277 e. The molecule has 1 saturated carbocycles. The first-order valence-corrected chi connectivity index (χ1v) is 8.97. The van der Waals surface area contributed by atoms with E-state index in [0.717, 1.165) is 52.6 Å². The molecule has 1 aromatic heterocycles. The van der Waals surface area contributed by atoms with Crippen molar-refractivity contribution in [3.8, 4) is 0 Å². The molecule has 0 radical (unpaired) electrons. The van der Waals surface area contributed by atoms with E-state index in [2.05, 4.69) is 17.1 Å². The van der Waals surface area contributed by atoms with Crippen molar-refractivity contribution < 1.29 is 4.39 Å². The molecule has 2 aromatic carbocycles. The lowest BCUT2D eigenvalue weighted by Gasteiger charge is -2.32. The summed E-state index contributed by atoms with van der Waals surface area (Å²) in [5.74, 6) is -0.107. The fourth-order valence-corrected chi connectivity index (χ4v) is 4.37. The molecule has 1 aliphatic heterocycles. The summed E-state index contributed by atoms with van der Waals surface area (Å²) in [6.07, 6.45) is 7.05. The number of benzene rings is 2. The fourth-order valence-electron chi connectivity index (χ4n) is 4.37. The van der Waals surface area contributed by atoms with Gasteiger partial charge in [-0.05, 0) is 36.6 Å². The molecule has 0 bridgehead atoms. The van der Waals surface area contributed by atoms with Gasteiger partial charge >= 0.3 is 0 Å². The molecule has 25 heavy (non-hydrogen) atoms. The van der Waals surface area contributed by atoms with E-state index in [-0.39, 0.29) is 11.4 Å². The standard InChI is InChI=1S/C22H19FN2/c23-19-8-5-7-17-18(19)13-22(10-3-4-11-22)25-21(17)16-12-15-6-1-2-9-20(15)24-14-16/h1-2,5-9,12,14H,3-4,10-11,13H2. The molecule has 2 nitrogen and oxygen atoms in total. The monoisotopic (exact) mass is 330 g/mol. The zero-order chi connectivity index (χ0) is 16.9. The lowest BCUT2D eigenvalue weighted by molar-refractivity contribution is 0.424. The molecule has 1 spiro atoms. The van der Waals surface area contributed by atoms with E-state index in [0.29, 0.717) is 0 Å². The number of pyridine rings is 1. The maximum absolute atomic E-state index is 14.6. The highest BCUT2D eigenvalue weighted by molar-refractivity contribution is 6.15. The average molecular weight is 330 g/mol. The van der Waals surface area contributed by atoms with Gasteiger partial charge in [0.1, 0.15) is 5.82 Å². The van der Waals surface area contributed by atoms with Gasteiger partial charge in [0, 0.05) is 29.1 Å². The van der Waals surface area contributed by atoms with Crippen molar-refractivity contribution in [2.24, 2.45) is 4.99 Å². The highest BCUT2D eigenvalue weighted by atomic mass is 19.1. The van der Waals surface area contributed by atoms with Crippen LogP contribution in [0.25, 0.3) is 10.9 Å². The van der Waals surface area contributed by atoms with E-state index in [4.69, 9.17) is 4.99 Å². The molecule has 3 aromatic rings. The smallest absolute Gasteiger partial charge is 0.127 e. The molecule has 2 aliphatic rings. The summed E-state index contributed by atoms with van der Waals surface area (Å²) in [6, 6.07) is 15.6. The molecular weight excluding hydrogens is 311 g/mol. The van der Waals surface area contributed by atoms with Crippen LogP contribution in [0.1, 0.15) is 42.4 Å². The van der Waals surface area contributed by atoms with Gasteiger partial charge in [0.15, 0.2) is 0 Å². The van der Waals surface area contributed by atoms with E-state index in [1.165, 1.54) is 12.8 Å². The van der Waals surface area contributed by atoms with Crippen molar-refractivity contribution in [3.63, 3.8) is 0 Å². The van der Waals surface area contributed by atoms with Crippen molar-refractivity contribution in [1.82, 2.24) is 4.98 Å². The first kappa shape index (κ1) is 14.8. The second kappa shape index (κ2) is 5.48. The van der Waals surface area contributed by atoms with Gasteiger partial charge in [-0.2, -0.15) is 0 Å². The van der Waals surface area contributed by atoms with Crippen molar-refractivity contribution >= 4 is 16.6 Å². The summed E-state index contributed by atoms with van der Waals surface area (Å²) in [6.45, 7) is 0. The Morgan fingerprint density at radius 3 is 2.68 bits per heavy atom. The molecule has 0 atom stereocenters. The Labute approximate surface area is 146 Å². The lowest BCUT2D eigenvalue weighted by Crippen LogP contribution is -2.33. The van der Waals surface area contributed by atoms with Crippen LogP contribution >= 0.6 is 0 Å². The van der Waals surface area contributed by atoms with Crippen molar-refractivity contribution in [3.05, 3.63) is 77.2 Å². The molecule has 2 heterocycles. The van der Waals surface area contributed by atoms with Crippen molar-refractivity contribution in [2.45, 2.75) is 37.6 Å². The molecule has 1 aliphatic carbocycles. The Hall–Kier alpha value is -2.55. The van der Waals surface area contributed by atoms with Crippen LogP contribution < -0.4 is 0 Å². The lowest BCUT2D eigenvalue weighted by atomic mass is 9.81. The number of hydrogen-bond donors (Lipinski definition) is 0. The maximum atomic E-state index is 14.6. The predicted molar refractivity (Wildman–Crippen MR) is 98.7 cm³/mol. The minimum atomic E-state index is -0.129. The second-order valence-corrected chi connectivity index (χ2v) is 7.25. The summed E-state index contributed by atoms with van der Waals surface area (Å²) in [7, 11) is 0. The van der Waals surface area contributed by atoms with Crippen LogP contribution in [-0.2, 0) is 6.42 Å². The average Bonchev–Trinajstić information content (AvgIpc) is 3.09. The fraction of sp³-hybridized carbons (Fsp3) is 0.273. The van der Waals surface area contributed by atoms with Crippen LogP contribution in [0, 0.1) is 5.82 Å². The first-order chi connectivity index (χ1) is 12.2. The van der Waals surface area contributed by atoms with Gasteiger partial charge in [0.05, 0.1) is 16.8 Å². The van der Waals surface area contributed by atoms with E-state index < -0.39 is 0 Å². The SMILES string of the molecule is Fc1cccc2c1CC1(CCCC1)N=C2c1cnc2ccccc2c1. The molecule has 5 rings (SSSR count). The van der Waals surface area contributed by atoms with E-state index in [1.807, 2.05) is 30.5 Å². The van der Waals surface area contributed by atoms with E-state index in [9.17, 15) is 4.39 Å². The Balaban J connectivity index is 1.73. The molecule has 0 saturated heterocycles. The van der Waals surface area contributed by atoms with Gasteiger partial charge in [-0.3, -0.25) is 9.98 Å². The third-order valence-electron chi connectivity index (χ3n) is 5.63. The molecule has 3 heteroatoms. The minimum absolute atomic E-state index is 0.107. The number of para-hydroxylation sites is 1. The number of rotatable bonds is 1. The number of hydrogen-bond acceptors (Lipinski definition) is 2. The predicted octanol–water partition coefficient (Wildman–Crippen LogP) is 5.08. The second-order valence-electron chi connectivity index (χ2n) is 7.25. The third kappa shape index (κ3) is 2.38. The molecular formula is C22H19FN2. The van der Waals surface area contributed by atoms with Gasteiger partial charge in [-0.1, -0.05) is 43.2 Å². The van der Waals surface area contributed by atoms with Crippen LogP contribution in [0.15, 0.2) is 59.7 Å². The van der Waals surface area contributed by atoms with Gasteiger partial charge < -0.3 is 0 Å². The molecule has 0 unspecified atom stereocenters. The molecule has 1 fully saturated rings. The number of nitrogens with zero attached hydrogens (tertiary/aromatic N) is 2. The van der Waals surface area contributed by atoms with Gasteiger partial charge in [0.2, 0.25) is 0 Å². The van der Waals surface area contributed by atoms with Crippen molar-refractivity contribution in [2.75, 3.05) is 0 Å². The molecule has 0 N–H and O–H groups in total. The number of aliphatic imine (C=N–C) groups is 1. The first-order valence-electron chi connectivity index (χ1n) is 8.97. The topological polar surface area (TPSA) is 25.2 Å². The molecule has 0 amide bonds. The quantitative estimate of drug-likeness (QED) is 0.611. The summed E-state index contributed by atoms with van der Waals surface area (Å²) < 4.78 is 14.6. The number of aromatic nitrogens is 1. The summed E-state index contributed by atoms with van der Waals surface area (Å²) >= 11 is 0. The zero-order valence-corrected chi connectivity index (χ0v) is 14.0. The van der Waals surface area contributed by atoms with Crippen molar-refractivity contribution in [1.29, 1.82) is 0 Å². The van der Waals surface area contributed by atoms with Crippen LogP contribution in [0.4, 0.5) is 4.39 Å². The van der Waals surface area contributed by atoms with E-state index >= 15 is 0 Å². The maximum Gasteiger partial charge on any atom is 0.127 e. The van der Waals surface area contributed by atoms with Crippen LogP contribution in [0.3, 0.4) is 0 Å². The summed E-state index contributed by atoms with van der Waals surface area (Å²) in [5.41, 5.74) is 4.48. The Kier molecular flexibility index (Phi) is 3.24. The Morgan fingerprint density at radius 1 is 0.960 bits per heavy atom. The van der Waals surface area contributed by atoms with Crippen LogP contribution in [0.5, 0.6) is 0 Å². The van der Waals surface area contributed by atoms with Gasteiger partial charge in [-0.15, -0.1) is 0 Å². The van der Waals surface area contributed by atoms with E-state index in [1.54, 1.807) is 12.1 Å². The Morgan fingerprint density at radius 2 is 1.80 bits per heavy atom. The summed E-state index contributed by atoms with van der Waals surface area (Å²) in [5, 5.41) is 1.09. The zero-order valence-electron chi connectivity index (χ0n) is 14.0. The normalized spacial score (nSPS) is 18.4. The third-order valence-corrected chi connectivity index (χ3v) is 5.63. The highest BCUT2D eigenvalue weighted by Crippen LogP contribution is 2.41. The number of fused-ring (bicyclic) bond motifs is 2. The summed E-state index contributed by atoms with van der Waals surface area (Å²) in [4.78, 5) is 9.77. The number of halogens is 1.